The van der Waals surface area contributed by atoms with Crippen molar-refractivity contribution >= 4 is 23.0 Å². The average Bonchev–Trinajstić information content (AvgIpc) is 3.29. The monoisotopic (exact) mass is 371 g/mol. The quantitative estimate of drug-likeness (QED) is 0.647. The van der Waals surface area contributed by atoms with Crippen molar-refractivity contribution in [3.8, 4) is 0 Å². The molecule has 0 unspecified atom stereocenters. The molecule has 7 heteroatoms. The van der Waals surface area contributed by atoms with Gasteiger partial charge in [0.1, 0.15) is 17.7 Å². The molecule has 0 saturated heterocycles. The molecule has 1 atom stereocenters. The fourth-order valence-corrected chi connectivity index (χ4v) is 3.35. The Labute approximate surface area is 154 Å². The molecule has 0 spiro atoms. The van der Waals surface area contributed by atoms with Crippen LogP contribution in [0.2, 0.25) is 0 Å². The van der Waals surface area contributed by atoms with E-state index in [1.54, 1.807) is 48.3 Å². The number of aryl methyl sites for hydroxylation is 1. The largest absolute Gasteiger partial charge is 0.342 e. The first kappa shape index (κ1) is 18.0. The molecule has 0 radical (unpaired) electrons. The number of hydrogen-bond acceptors (Lipinski definition) is 4. The van der Waals surface area contributed by atoms with Gasteiger partial charge in [0.25, 0.3) is 0 Å². The van der Waals surface area contributed by atoms with Crippen LogP contribution in [0.3, 0.4) is 0 Å². The van der Waals surface area contributed by atoms with Gasteiger partial charge in [-0.05, 0) is 29.1 Å². The van der Waals surface area contributed by atoms with Crippen LogP contribution in [0.15, 0.2) is 54.2 Å². The third kappa shape index (κ3) is 4.23. The second kappa shape index (κ2) is 8.05. The highest BCUT2D eigenvalue weighted by Crippen LogP contribution is 2.21. The molecule has 0 saturated carbocycles. The zero-order valence-electron chi connectivity index (χ0n) is 14.2. The minimum Gasteiger partial charge on any atom is -0.342 e. The summed E-state index contributed by atoms with van der Waals surface area (Å²) in [5, 5.41) is 4.69. The van der Waals surface area contributed by atoms with Gasteiger partial charge in [-0.15, -0.1) is 11.3 Å². The van der Waals surface area contributed by atoms with Crippen LogP contribution in [0, 0.1) is 5.82 Å². The normalized spacial score (nSPS) is 11.9. The predicted octanol–water partition coefficient (Wildman–Crippen LogP) is 3.49. The van der Waals surface area contributed by atoms with Crippen molar-refractivity contribution in [2.75, 3.05) is 0 Å². The van der Waals surface area contributed by atoms with E-state index in [2.05, 4.69) is 10.3 Å². The average molecular weight is 371 g/mol. The summed E-state index contributed by atoms with van der Waals surface area (Å²) in [4.78, 5) is 29.4. The molecule has 0 aliphatic heterocycles. The fourth-order valence-electron chi connectivity index (χ4n) is 2.66. The Morgan fingerprint density at radius 3 is 2.77 bits per heavy atom. The number of benzene rings is 1. The van der Waals surface area contributed by atoms with E-state index in [1.165, 1.54) is 23.5 Å². The van der Waals surface area contributed by atoms with Crippen LogP contribution >= 0.6 is 11.3 Å². The van der Waals surface area contributed by atoms with E-state index in [0.717, 1.165) is 0 Å². The molecule has 0 aliphatic rings. The number of rotatable bonds is 7. The number of carbonyl (C=O) groups excluding carboxylic acids is 2. The van der Waals surface area contributed by atoms with E-state index >= 15 is 0 Å². The van der Waals surface area contributed by atoms with Crippen LogP contribution in [0.4, 0.5) is 4.39 Å². The number of amides is 1. The Bertz CT molecular complexity index is 905. The molecule has 0 fully saturated rings. The van der Waals surface area contributed by atoms with Gasteiger partial charge in [-0.3, -0.25) is 9.59 Å². The van der Waals surface area contributed by atoms with Crippen molar-refractivity contribution in [3.05, 3.63) is 76.3 Å². The zero-order chi connectivity index (χ0) is 18.5. The maximum atomic E-state index is 13.6. The Balaban J connectivity index is 1.72. The van der Waals surface area contributed by atoms with E-state index in [9.17, 15) is 14.0 Å². The zero-order valence-corrected chi connectivity index (χ0v) is 15.0. The molecular weight excluding hydrogens is 353 g/mol. The van der Waals surface area contributed by atoms with E-state index < -0.39 is 6.04 Å². The lowest BCUT2D eigenvalue weighted by molar-refractivity contribution is -0.121. The molecule has 26 heavy (non-hydrogen) atoms. The number of imidazole rings is 1. The Kier molecular flexibility index (Phi) is 5.58. The van der Waals surface area contributed by atoms with Gasteiger partial charge >= 0.3 is 0 Å². The number of nitrogens with one attached hydrogen (secondary N) is 1. The predicted molar refractivity (Wildman–Crippen MR) is 97.5 cm³/mol. The molecule has 2 heterocycles. The summed E-state index contributed by atoms with van der Waals surface area (Å²) in [5.74, 6) is -0.140. The van der Waals surface area contributed by atoms with Crippen LogP contribution in [-0.4, -0.2) is 21.2 Å². The van der Waals surface area contributed by atoms with Crippen LogP contribution < -0.4 is 5.32 Å². The summed E-state index contributed by atoms with van der Waals surface area (Å²) in [6, 6.07) is 9.01. The summed E-state index contributed by atoms with van der Waals surface area (Å²) in [5.41, 5.74) is 0.595. The first-order valence-corrected chi connectivity index (χ1v) is 9.01. The molecule has 5 nitrogen and oxygen atoms in total. The standard InChI is InChI=1S/C19H18FN3O2S/c1-23-10-9-21-19(23)18(13-4-2-5-14(20)12-13)22-17(25)8-7-15(24)16-6-3-11-26-16/h2-6,9-12,18H,7-8H2,1H3,(H,22,25)/t18-/m1/s1. The lowest BCUT2D eigenvalue weighted by Gasteiger charge is -2.19. The minimum absolute atomic E-state index is 0.0607. The van der Waals surface area contributed by atoms with Gasteiger partial charge in [-0.2, -0.15) is 0 Å². The van der Waals surface area contributed by atoms with Crippen LogP contribution in [0.5, 0.6) is 0 Å². The Morgan fingerprint density at radius 1 is 1.27 bits per heavy atom. The van der Waals surface area contributed by atoms with Crippen LogP contribution in [0.25, 0.3) is 0 Å². The number of hydrogen-bond donors (Lipinski definition) is 1. The molecule has 0 aliphatic carbocycles. The van der Waals surface area contributed by atoms with Crippen LogP contribution in [0.1, 0.15) is 39.9 Å². The van der Waals surface area contributed by atoms with Gasteiger partial charge in [0, 0.05) is 32.3 Å². The first-order chi connectivity index (χ1) is 12.5. The summed E-state index contributed by atoms with van der Waals surface area (Å²) in [6.45, 7) is 0. The van der Waals surface area contributed by atoms with E-state index in [-0.39, 0.29) is 30.3 Å². The van der Waals surface area contributed by atoms with Gasteiger partial charge in [0.15, 0.2) is 5.78 Å². The molecule has 2 aromatic heterocycles. The van der Waals surface area contributed by atoms with Gasteiger partial charge in [-0.1, -0.05) is 18.2 Å². The maximum Gasteiger partial charge on any atom is 0.221 e. The molecular formula is C19H18FN3O2S. The minimum atomic E-state index is -0.588. The van der Waals surface area contributed by atoms with Crippen molar-refractivity contribution < 1.29 is 14.0 Å². The highest BCUT2D eigenvalue weighted by atomic mass is 32.1. The van der Waals surface area contributed by atoms with Gasteiger partial charge in [0.2, 0.25) is 5.91 Å². The first-order valence-electron chi connectivity index (χ1n) is 8.13. The van der Waals surface area contributed by atoms with Gasteiger partial charge in [0.05, 0.1) is 4.88 Å². The van der Waals surface area contributed by atoms with Crippen molar-refractivity contribution in [3.63, 3.8) is 0 Å². The fraction of sp³-hybridized carbons (Fsp3) is 0.211. The lowest BCUT2D eigenvalue weighted by atomic mass is 10.1. The van der Waals surface area contributed by atoms with Crippen LogP contribution in [-0.2, 0) is 11.8 Å². The van der Waals surface area contributed by atoms with Crippen molar-refractivity contribution in [2.24, 2.45) is 7.05 Å². The topological polar surface area (TPSA) is 64.0 Å². The van der Waals surface area contributed by atoms with Crippen molar-refractivity contribution in [1.29, 1.82) is 0 Å². The highest BCUT2D eigenvalue weighted by molar-refractivity contribution is 7.12. The lowest BCUT2D eigenvalue weighted by Crippen LogP contribution is -2.31. The van der Waals surface area contributed by atoms with E-state index in [1.807, 2.05) is 5.38 Å². The molecule has 134 valence electrons. The Hall–Kier alpha value is -2.80. The van der Waals surface area contributed by atoms with Crippen molar-refractivity contribution in [1.82, 2.24) is 14.9 Å². The molecule has 3 rings (SSSR count). The second-order valence-corrected chi connectivity index (χ2v) is 6.80. The SMILES string of the molecule is Cn1ccnc1[C@H](NC(=O)CCC(=O)c1cccs1)c1cccc(F)c1. The third-order valence-electron chi connectivity index (χ3n) is 3.98. The van der Waals surface area contributed by atoms with Gasteiger partial charge < -0.3 is 9.88 Å². The van der Waals surface area contributed by atoms with Crippen molar-refractivity contribution in [2.45, 2.75) is 18.9 Å². The number of Topliss-reactive ketones (excluding diaryl/α,β-unsaturated/α-hetero) is 1. The molecule has 1 N–H and O–H groups in total. The Morgan fingerprint density at radius 2 is 2.12 bits per heavy atom. The van der Waals surface area contributed by atoms with E-state index in [4.69, 9.17) is 0 Å². The summed E-state index contributed by atoms with van der Waals surface area (Å²) in [6.07, 6.45) is 3.57. The number of halogens is 1. The molecule has 1 amide bonds. The number of ketones is 1. The summed E-state index contributed by atoms with van der Waals surface area (Å²) < 4.78 is 15.4. The third-order valence-corrected chi connectivity index (χ3v) is 4.89. The molecule has 0 bridgehead atoms. The number of thiophene rings is 1. The number of carbonyl (C=O) groups is 2. The highest BCUT2D eigenvalue weighted by Gasteiger charge is 2.21. The smallest absolute Gasteiger partial charge is 0.221 e. The van der Waals surface area contributed by atoms with Gasteiger partial charge in [-0.25, -0.2) is 9.37 Å². The second-order valence-electron chi connectivity index (χ2n) is 5.85. The maximum absolute atomic E-state index is 13.6. The van der Waals surface area contributed by atoms with E-state index in [0.29, 0.717) is 16.3 Å². The number of nitrogens with zero attached hydrogens (tertiary/aromatic N) is 2. The molecule has 1 aromatic carbocycles. The number of aromatic nitrogens is 2. The summed E-state index contributed by atoms with van der Waals surface area (Å²) in [7, 11) is 1.81. The summed E-state index contributed by atoms with van der Waals surface area (Å²) >= 11 is 1.36. The molecule has 3 aromatic rings.